The van der Waals surface area contributed by atoms with E-state index in [4.69, 9.17) is 0 Å². The molecule has 2 fully saturated rings. The van der Waals surface area contributed by atoms with Gasteiger partial charge in [0.1, 0.15) is 0 Å². The molecule has 3 aliphatic rings. The third-order valence-corrected chi connectivity index (χ3v) is 7.45. The van der Waals surface area contributed by atoms with Crippen molar-refractivity contribution in [2.24, 2.45) is 23.2 Å². The van der Waals surface area contributed by atoms with Crippen LogP contribution in [0.3, 0.4) is 0 Å². The average Bonchev–Trinajstić information content (AvgIpc) is 2.82. The minimum absolute atomic E-state index is 0.180. The zero-order valence-electron chi connectivity index (χ0n) is 13.4. The Morgan fingerprint density at radius 1 is 1.19 bits per heavy atom. The van der Waals surface area contributed by atoms with Crippen molar-refractivity contribution in [2.75, 3.05) is 0 Å². The number of hydrogen-bond donors (Lipinski definition) is 1. The molecule has 2 saturated carbocycles. The lowest BCUT2D eigenvalue weighted by molar-refractivity contribution is 0.0336. The van der Waals surface area contributed by atoms with E-state index in [-0.39, 0.29) is 6.61 Å². The quantitative estimate of drug-likeness (QED) is 0.794. The van der Waals surface area contributed by atoms with Gasteiger partial charge in [0.2, 0.25) is 0 Å². The van der Waals surface area contributed by atoms with Crippen molar-refractivity contribution in [3.63, 3.8) is 0 Å². The van der Waals surface area contributed by atoms with Crippen LogP contribution in [0.4, 0.5) is 0 Å². The van der Waals surface area contributed by atoms with Gasteiger partial charge in [-0.1, -0.05) is 32.0 Å². The summed E-state index contributed by atoms with van der Waals surface area (Å²) in [7, 11) is 0. The van der Waals surface area contributed by atoms with Gasteiger partial charge in [-0.05, 0) is 84.3 Å². The van der Waals surface area contributed by atoms with Gasteiger partial charge in [0.25, 0.3) is 0 Å². The third kappa shape index (κ3) is 1.93. The SMILES string of the molecule is C[C@H]1CCC2C3CCc4cc(CO)ccc4C3CC[C@@]21C. The van der Waals surface area contributed by atoms with E-state index in [1.54, 1.807) is 5.56 Å². The monoisotopic (exact) mass is 284 g/mol. The first-order valence-electron chi connectivity index (χ1n) is 8.86. The molecule has 0 saturated heterocycles. The summed E-state index contributed by atoms with van der Waals surface area (Å²) >= 11 is 0. The van der Waals surface area contributed by atoms with Crippen LogP contribution in [-0.2, 0) is 13.0 Å². The van der Waals surface area contributed by atoms with Gasteiger partial charge in [-0.2, -0.15) is 0 Å². The zero-order chi connectivity index (χ0) is 14.6. The second kappa shape index (κ2) is 4.84. The van der Waals surface area contributed by atoms with Gasteiger partial charge in [0, 0.05) is 0 Å². The standard InChI is InChI=1S/C20H28O/c1-13-3-8-19-18-7-5-15-11-14(12-21)4-6-16(15)17(18)9-10-20(13,19)2/h4,6,11,13,17-19,21H,3,5,7-10,12H2,1-2H3/t13-,17?,18?,19?,20+/m0/s1. The van der Waals surface area contributed by atoms with Crippen molar-refractivity contribution in [3.05, 3.63) is 34.9 Å². The number of benzene rings is 1. The van der Waals surface area contributed by atoms with Crippen LogP contribution in [0.25, 0.3) is 0 Å². The average molecular weight is 284 g/mol. The highest BCUT2D eigenvalue weighted by Gasteiger charge is 2.53. The predicted octanol–water partition coefficient (Wildman–Crippen LogP) is 4.67. The summed E-state index contributed by atoms with van der Waals surface area (Å²) in [5.74, 6) is 3.59. The molecular weight excluding hydrogens is 256 g/mol. The maximum absolute atomic E-state index is 9.36. The fraction of sp³-hybridized carbons (Fsp3) is 0.700. The Morgan fingerprint density at radius 2 is 2.05 bits per heavy atom. The fourth-order valence-corrected chi connectivity index (χ4v) is 6.00. The van der Waals surface area contributed by atoms with Gasteiger partial charge in [0.15, 0.2) is 0 Å². The lowest BCUT2D eigenvalue weighted by Crippen LogP contribution is -2.41. The molecule has 4 rings (SSSR count). The lowest BCUT2D eigenvalue weighted by Gasteiger charge is -2.50. The Bertz CT molecular complexity index is 549. The molecular formula is C20H28O. The molecule has 0 aliphatic heterocycles. The molecule has 0 spiro atoms. The van der Waals surface area contributed by atoms with Crippen molar-refractivity contribution >= 4 is 0 Å². The topological polar surface area (TPSA) is 20.2 Å². The molecule has 1 nitrogen and oxygen atoms in total. The summed E-state index contributed by atoms with van der Waals surface area (Å²) in [5, 5.41) is 9.36. The second-order valence-electron chi connectivity index (χ2n) is 8.13. The van der Waals surface area contributed by atoms with E-state index in [2.05, 4.69) is 32.0 Å². The van der Waals surface area contributed by atoms with Gasteiger partial charge >= 0.3 is 0 Å². The van der Waals surface area contributed by atoms with Crippen LogP contribution in [0.1, 0.15) is 68.6 Å². The van der Waals surface area contributed by atoms with Crippen LogP contribution in [0.15, 0.2) is 18.2 Å². The van der Waals surface area contributed by atoms with Crippen LogP contribution >= 0.6 is 0 Å². The largest absolute Gasteiger partial charge is 0.392 e. The summed E-state index contributed by atoms with van der Waals surface area (Å²) in [4.78, 5) is 0. The number of aliphatic hydroxyl groups excluding tert-OH is 1. The number of hydrogen-bond acceptors (Lipinski definition) is 1. The summed E-state index contributed by atoms with van der Waals surface area (Å²) in [6.45, 7) is 5.25. The van der Waals surface area contributed by atoms with Gasteiger partial charge in [-0.15, -0.1) is 0 Å². The van der Waals surface area contributed by atoms with E-state index in [9.17, 15) is 5.11 Å². The molecule has 0 heterocycles. The normalized spacial score (nSPS) is 41.3. The first-order chi connectivity index (χ1) is 10.1. The summed E-state index contributed by atoms with van der Waals surface area (Å²) in [6, 6.07) is 6.74. The van der Waals surface area contributed by atoms with Crippen LogP contribution in [-0.4, -0.2) is 5.11 Å². The highest BCUT2D eigenvalue weighted by molar-refractivity contribution is 5.38. The van der Waals surface area contributed by atoms with Crippen molar-refractivity contribution in [1.29, 1.82) is 0 Å². The van der Waals surface area contributed by atoms with Crippen LogP contribution in [0.2, 0.25) is 0 Å². The molecule has 114 valence electrons. The number of rotatable bonds is 1. The Morgan fingerprint density at radius 3 is 2.86 bits per heavy atom. The van der Waals surface area contributed by atoms with E-state index in [1.165, 1.54) is 44.1 Å². The van der Waals surface area contributed by atoms with Crippen molar-refractivity contribution in [3.8, 4) is 0 Å². The summed E-state index contributed by atoms with van der Waals surface area (Å²) < 4.78 is 0. The lowest BCUT2D eigenvalue weighted by atomic mass is 9.54. The Balaban J connectivity index is 1.68. The molecule has 1 aromatic carbocycles. The molecule has 0 bridgehead atoms. The maximum atomic E-state index is 9.36. The second-order valence-corrected chi connectivity index (χ2v) is 8.13. The van der Waals surface area contributed by atoms with E-state index < -0.39 is 0 Å². The molecule has 21 heavy (non-hydrogen) atoms. The number of aliphatic hydroxyl groups is 1. The predicted molar refractivity (Wildman–Crippen MR) is 86.1 cm³/mol. The minimum atomic E-state index is 0.180. The summed E-state index contributed by atoms with van der Waals surface area (Å²) in [6.07, 6.45) is 8.31. The van der Waals surface area contributed by atoms with E-state index >= 15 is 0 Å². The maximum Gasteiger partial charge on any atom is 0.0681 e. The van der Waals surface area contributed by atoms with E-state index in [0.717, 1.165) is 29.2 Å². The first-order valence-corrected chi connectivity index (χ1v) is 8.86. The first kappa shape index (κ1) is 13.8. The number of aryl methyl sites for hydroxylation is 1. The van der Waals surface area contributed by atoms with E-state index in [0.29, 0.717) is 5.41 Å². The smallest absolute Gasteiger partial charge is 0.0681 e. The molecule has 0 aromatic heterocycles. The van der Waals surface area contributed by atoms with Gasteiger partial charge < -0.3 is 5.11 Å². The third-order valence-electron chi connectivity index (χ3n) is 7.45. The van der Waals surface area contributed by atoms with Gasteiger partial charge in [-0.3, -0.25) is 0 Å². The molecule has 1 N–H and O–H groups in total. The zero-order valence-corrected chi connectivity index (χ0v) is 13.4. The van der Waals surface area contributed by atoms with Gasteiger partial charge in [0.05, 0.1) is 6.61 Å². The summed E-state index contributed by atoms with van der Waals surface area (Å²) in [5.41, 5.74) is 4.84. The molecule has 1 aromatic rings. The van der Waals surface area contributed by atoms with Gasteiger partial charge in [-0.25, -0.2) is 0 Å². The van der Waals surface area contributed by atoms with Crippen LogP contribution < -0.4 is 0 Å². The number of fused-ring (bicyclic) bond motifs is 5. The van der Waals surface area contributed by atoms with Crippen molar-refractivity contribution in [1.82, 2.24) is 0 Å². The molecule has 1 heteroatoms. The molecule has 5 atom stereocenters. The minimum Gasteiger partial charge on any atom is -0.392 e. The van der Waals surface area contributed by atoms with Crippen LogP contribution in [0.5, 0.6) is 0 Å². The molecule has 0 amide bonds. The molecule has 3 unspecified atom stereocenters. The molecule has 3 aliphatic carbocycles. The Hall–Kier alpha value is -0.820. The fourth-order valence-electron chi connectivity index (χ4n) is 6.00. The highest BCUT2D eigenvalue weighted by atomic mass is 16.3. The molecule has 0 radical (unpaired) electrons. The highest BCUT2D eigenvalue weighted by Crippen LogP contribution is 2.62. The Labute approximate surface area is 128 Å². The van der Waals surface area contributed by atoms with Crippen LogP contribution in [0, 0.1) is 23.2 Å². The Kier molecular flexibility index (Phi) is 3.19. The van der Waals surface area contributed by atoms with Crippen molar-refractivity contribution < 1.29 is 5.11 Å². The van der Waals surface area contributed by atoms with Crippen molar-refractivity contribution in [2.45, 2.75) is 64.9 Å². The van der Waals surface area contributed by atoms with E-state index in [1.807, 2.05) is 0 Å².